The molecule has 12 nitrogen and oxygen atoms in total. The summed E-state index contributed by atoms with van der Waals surface area (Å²) in [6.07, 6.45) is 4.00. The number of nitrogens with one attached hydrogen (secondary N) is 2. The molecule has 0 aliphatic heterocycles. The molecule has 0 aliphatic carbocycles. The van der Waals surface area contributed by atoms with Gasteiger partial charge in [0.1, 0.15) is 17.1 Å². The van der Waals surface area contributed by atoms with Crippen molar-refractivity contribution in [2.24, 2.45) is 0 Å². The van der Waals surface area contributed by atoms with Crippen molar-refractivity contribution in [2.75, 3.05) is 24.9 Å². The Kier molecular flexibility index (Phi) is 10.6. The highest BCUT2D eigenvalue weighted by Crippen LogP contribution is 2.24. The van der Waals surface area contributed by atoms with Crippen LogP contribution in [0, 0.1) is 13.8 Å². The number of rotatable bonds is 9. The van der Waals surface area contributed by atoms with Gasteiger partial charge in [-0.15, -0.1) is 0 Å². The third-order valence-corrected chi connectivity index (χ3v) is 6.96. The number of ether oxygens (including phenoxy) is 2. The van der Waals surface area contributed by atoms with Crippen molar-refractivity contribution in [1.29, 1.82) is 0 Å². The molecule has 0 bridgehead atoms. The van der Waals surface area contributed by atoms with Crippen LogP contribution in [-0.2, 0) is 4.79 Å². The van der Waals surface area contributed by atoms with E-state index in [1.807, 2.05) is 36.4 Å². The van der Waals surface area contributed by atoms with Crippen molar-refractivity contribution in [2.45, 2.75) is 13.8 Å². The molecule has 13 heteroatoms. The molecule has 46 heavy (non-hydrogen) atoms. The lowest BCUT2D eigenvalue weighted by atomic mass is 10.2. The van der Waals surface area contributed by atoms with Crippen LogP contribution in [0.3, 0.4) is 0 Å². The number of hydrogen-bond donors (Lipinski definition) is 3. The van der Waals surface area contributed by atoms with E-state index >= 15 is 0 Å². The fourth-order valence-electron chi connectivity index (χ4n) is 4.35. The maximum atomic E-state index is 12.7. The lowest BCUT2D eigenvalue weighted by Gasteiger charge is -2.10. The van der Waals surface area contributed by atoms with Gasteiger partial charge in [-0.3, -0.25) is 9.59 Å². The Hall–Kier alpha value is -5.88. The van der Waals surface area contributed by atoms with Gasteiger partial charge in [0.25, 0.3) is 5.91 Å². The Morgan fingerprint density at radius 2 is 1.24 bits per heavy atom. The minimum atomic E-state index is -0.970. The van der Waals surface area contributed by atoms with E-state index in [1.165, 1.54) is 12.4 Å². The third kappa shape index (κ3) is 7.79. The number of anilines is 2. The first kappa shape index (κ1) is 33.0. The number of carbonyl (C=O) groups is 3. The quantitative estimate of drug-likeness (QED) is 0.163. The zero-order valence-corrected chi connectivity index (χ0v) is 26.2. The maximum Gasteiger partial charge on any atom is 0.339 e. The first-order valence-electron chi connectivity index (χ1n) is 13.7. The zero-order valence-electron chi connectivity index (χ0n) is 25.4. The van der Waals surface area contributed by atoms with Crippen LogP contribution in [0.1, 0.15) is 32.1 Å². The topological polar surface area (TPSA) is 150 Å². The Morgan fingerprint density at radius 1 is 0.783 bits per heavy atom. The molecule has 3 N–H and O–H groups in total. The molecule has 0 spiro atoms. The maximum absolute atomic E-state index is 12.7. The van der Waals surface area contributed by atoms with Gasteiger partial charge in [-0.2, -0.15) is 10.2 Å². The summed E-state index contributed by atoms with van der Waals surface area (Å²) in [6.45, 7) is 6.93. The van der Waals surface area contributed by atoms with Gasteiger partial charge in [-0.05, 0) is 86.7 Å². The van der Waals surface area contributed by atoms with Gasteiger partial charge in [-0.1, -0.05) is 18.2 Å². The second-order valence-corrected chi connectivity index (χ2v) is 10.1. The molecular formula is C33H31ClN6O6. The predicted octanol–water partition coefficient (Wildman–Crippen LogP) is 6.11. The molecule has 2 amide bonds. The number of methoxy groups -OCH3 is 2. The molecule has 0 fully saturated rings. The second-order valence-electron chi connectivity index (χ2n) is 9.69. The predicted molar refractivity (Wildman–Crippen MR) is 175 cm³/mol. The molecule has 0 atom stereocenters. The Labute approximate surface area is 269 Å². The van der Waals surface area contributed by atoms with E-state index in [0.717, 1.165) is 28.9 Å². The SMILES string of the molecule is C=CC(=O)Nc1cc(Cl)cc(NC(=O)c2cnn(-c3ccc(OC)cc3)c2C)c1.COc1ccc(-n2ncc(C(=O)O)c2C)cc1. The number of amides is 2. The molecule has 3 aromatic carbocycles. The standard InChI is InChI=1S/C21H19ClN4O3.C12H12N2O3/c1-4-20(27)24-15-9-14(22)10-16(11-15)25-21(28)19-12-23-26(13(19)2)17-5-7-18(29-3)8-6-17;1-8-11(12(15)16)7-13-14(8)9-3-5-10(17-2)6-4-9/h4-12H,1H2,2-3H3,(H,24,27)(H,25,28);3-7H,1-2H3,(H,15,16). The fraction of sp³-hybridized carbons (Fsp3) is 0.121. The van der Waals surface area contributed by atoms with Crippen LogP contribution in [0.15, 0.2) is 91.8 Å². The lowest BCUT2D eigenvalue weighted by molar-refractivity contribution is -0.111. The number of benzene rings is 3. The monoisotopic (exact) mass is 642 g/mol. The summed E-state index contributed by atoms with van der Waals surface area (Å²) in [5, 5.41) is 23.1. The summed E-state index contributed by atoms with van der Waals surface area (Å²) in [5.74, 6) is -0.206. The number of carbonyl (C=O) groups excluding carboxylic acids is 2. The molecular weight excluding hydrogens is 612 g/mol. The Bertz CT molecular complexity index is 1880. The fourth-order valence-corrected chi connectivity index (χ4v) is 4.58. The molecule has 0 saturated heterocycles. The summed E-state index contributed by atoms with van der Waals surface area (Å²) in [4.78, 5) is 35.1. The molecule has 0 unspecified atom stereocenters. The van der Waals surface area contributed by atoms with Crippen molar-refractivity contribution in [3.63, 3.8) is 0 Å². The normalized spacial score (nSPS) is 10.3. The smallest absolute Gasteiger partial charge is 0.339 e. The number of hydrogen-bond acceptors (Lipinski definition) is 7. The molecule has 2 heterocycles. The first-order valence-corrected chi connectivity index (χ1v) is 14.1. The van der Waals surface area contributed by atoms with Gasteiger partial charge >= 0.3 is 5.97 Å². The van der Waals surface area contributed by atoms with Crippen molar-refractivity contribution in [3.8, 4) is 22.9 Å². The highest BCUT2D eigenvalue weighted by atomic mass is 35.5. The van der Waals surface area contributed by atoms with Crippen LogP contribution in [0.2, 0.25) is 5.02 Å². The molecule has 2 aromatic heterocycles. The van der Waals surface area contributed by atoms with E-state index in [0.29, 0.717) is 33.3 Å². The number of carboxylic acids is 1. The first-order chi connectivity index (χ1) is 22.0. The van der Waals surface area contributed by atoms with Gasteiger partial charge in [0.05, 0.1) is 54.9 Å². The van der Waals surface area contributed by atoms with Crippen molar-refractivity contribution >= 4 is 40.8 Å². The molecule has 0 saturated carbocycles. The van der Waals surface area contributed by atoms with Crippen molar-refractivity contribution < 1.29 is 29.0 Å². The minimum Gasteiger partial charge on any atom is -0.497 e. The van der Waals surface area contributed by atoms with E-state index in [4.69, 9.17) is 26.2 Å². The van der Waals surface area contributed by atoms with Crippen LogP contribution in [-0.4, -0.2) is 56.7 Å². The summed E-state index contributed by atoms with van der Waals surface area (Å²) in [5.41, 5.74) is 4.40. The van der Waals surface area contributed by atoms with Crippen LogP contribution >= 0.6 is 11.6 Å². The van der Waals surface area contributed by atoms with E-state index in [1.54, 1.807) is 67.8 Å². The number of aromatic nitrogens is 4. The van der Waals surface area contributed by atoms with Crippen molar-refractivity contribution in [3.05, 3.63) is 119 Å². The van der Waals surface area contributed by atoms with Gasteiger partial charge in [0.15, 0.2) is 0 Å². The minimum absolute atomic E-state index is 0.209. The molecule has 0 radical (unpaired) electrons. The summed E-state index contributed by atoms with van der Waals surface area (Å²) < 4.78 is 13.5. The largest absolute Gasteiger partial charge is 0.497 e. The highest BCUT2D eigenvalue weighted by Gasteiger charge is 2.17. The van der Waals surface area contributed by atoms with E-state index < -0.39 is 5.97 Å². The third-order valence-electron chi connectivity index (χ3n) is 6.74. The summed E-state index contributed by atoms with van der Waals surface area (Å²) in [6, 6.07) is 19.4. The lowest BCUT2D eigenvalue weighted by Crippen LogP contribution is -2.14. The van der Waals surface area contributed by atoms with Gasteiger partial charge in [0, 0.05) is 16.4 Å². The Morgan fingerprint density at radius 3 is 1.67 bits per heavy atom. The second kappa shape index (κ2) is 14.7. The van der Waals surface area contributed by atoms with Gasteiger partial charge in [0.2, 0.25) is 5.91 Å². The van der Waals surface area contributed by atoms with Gasteiger partial charge in [-0.25, -0.2) is 14.2 Å². The molecule has 5 aromatic rings. The number of nitrogens with zero attached hydrogens (tertiary/aromatic N) is 4. The number of aromatic carboxylic acids is 1. The number of carboxylic acid groups (broad SMARTS) is 1. The molecule has 236 valence electrons. The Balaban J connectivity index is 0.000000240. The van der Waals surface area contributed by atoms with E-state index in [9.17, 15) is 14.4 Å². The van der Waals surface area contributed by atoms with Crippen LogP contribution in [0.4, 0.5) is 11.4 Å². The highest BCUT2D eigenvalue weighted by molar-refractivity contribution is 6.31. The summed E-state index contributed by atoms with van der Waals surface area (Å²) >= 11 is 6.09. The van der Waals surface area contributed by atoms with E-state index in [2.05, 4.69) is 27.4 Å². The summed E-state index contributed by atoms with van der Waals surface area (Å²) in [7, 11) is 3.19. The van der Waals surface area contributed by atoms with Crippen LogP contribution in [0.5, 0.6) is 11.5 Å². The van der Waals surface area contributed by atoms with Crippen molar-refractivity contribution in [1.82, 2.24) is 19.6 Å². The average Bonchev–Trinajstić information content (AvgIpc) is 3.63. The average molecular weight is 643 g/mol. The molecule has 0 aliphatic rings. The van der Waals surface area contributed by atoms with Crippen LogP contribution in [0.25, 0.3) is 11.4 Å². The zero-order chi connectivity index (χ0) is 33.4. The van der Waals surface area contributed by atoms with E-state index in [-0.39, 0.29) is 17.4 Å². The number of halogens is 1. The van der Waals surface area contributed by atoms with Crippen LogP contribution < -0.4 is 20.1 Å². The van der Waals surface area contributed by atoms with Gasteiger partial charge < -0.3 is 25.2 Å². The molecule has 5 rings (SSSR count).